The molecule has 0 saturated carbocycles. The maximum Gasteiger partial charge on any atom is 0.236 e. The second-order valence-electron chi connectivity index (χ2n) is 9.77. The van der Waals surface area contributed by atoms with Gasteiger partial charge in [-0.05, 0) is 57.3 Å². The highest BCUT2D eigenvalue weighted by molar-refractivity contribution is 7.19. The Kier molecular flexibility index (Phi) is 6.09. The van der Waals surface area contributed by atoms with Crippen molar-refractivity contribution < 1.29 is 9.84 Å². The first-order valence-corrected chi connectivity index (χ1v) is 13.2. The molecular formula is C26H32N6O2S. The minimum atomic E-state index is 0.262. The molecule has 5 heterocycles. The molecule has 0 bridgehead atoms. The van der Waals surface area contributed by atoms with Crippen LogP contribution >= 0.6 is 11.3 Å². The number of nitrogens with zero attached hydrogens (tertiary/aromatic N) is 6. The average molecular weight is 493 g/mol. The number of benzene rings is 1. The summed E-state index contributed by atoms with van der Waals surface area (Å²) in [7, 11) is 4.37. The smallest absolute Gasteiger partial charge is 0.236 e. The van der Waals surface area contributed by atoms with Crippen molar-refractivity contribution in [3.8, 4) is 11.7 Å². The average Bonchev–Trinajstić information content (AvgIpc) is 3.47. The molecule has 1 aromatic carbocycles. The molecule has 2 saturated heterocycles. The first kappa shape index (κ1) is 22.7. The van der Waals surface area contributed by atoms with Crippen molar-refractivity contribution in [1.29, 1.82) is 0 Å². The Balaban J connectivity index is 1.36. The van der Waals surface area contributed by atoms with E-state index in [1.165, 1.54) is 17.7 Å². The van der Waals surface area contributed by atoms with Gasteiger partial charge in [-0.25, -0.2) is 4.98 Å². The number of hydrogen-bond donors (Lipinski definition) is 1. The second-order valence-corrected chi connectivity index (χ2v) is 10.9. The van der Waals surface area contributed by atoms with E-state index in [1.807, 2.05) is 34.2 Å². The molecule has 35 heavy (non-hydrogen) atoms. The predicted molar refractivity (Wildman–Crippen MR) is 141 cm³/mol. The van der Waals surface area contributed by atoms with Crippen molar-refractivity contribution in [2.24, 2.45) is 0 Å². The summed E-state index contributed by atoms with van der Waals surface area (Å²) in [6.45, 7) is 6.31. The van der Waals surface area contributed by atoms with Gasteiger partial charge in [-0.15, -0.1) is 11.3 Å². The molecular weight excluding hydrogens is 460 g/mol. The number of fused-ring (bicyclic) bond motifs is 2. The Labute approximate surface area is 209 Å². The fourth-order valence-electron chi connectivity index (χ4n) is 5.25. The Morgan fingerprint density at radius 1 is 1.06 bits per heavy atom. The maximum absolute atomic E-state index is 9.88. The number of hydrogen-bond acceptors (Lipinski definition) is 8. The number of anilines is 1. The zero-order valence-electron chi connectivity index (χ0n) is 20.4. The van der Waals surface area contributed by atoms with E-state index in [2.05, 4.69) is 34.9 Å². The van der Waals surface area contributed by atoms with E-state index in [-0.39, 0.29) is 5.75 Å². The largest absolute Gasteiger partial charge is 0.508 e. The number of phenols is 1. The molecule has 184 valence electrons. The van der Waals surface area contributed by atoms with E-state index in [0.29, 0.717) is 25.2 Å². The van der Waals surface area contributed by atoms with E-state index in [9.17, 15) is 5.11 Å². The van der Waals surface area contributed by atoms with Crippen LogP contribution in [0.25, 0.3) is 27.1 Å². The van der Waals surface area contributed by atoms with Gasteiger partial charge in [0.2, 0.25) is 5.95 Å². The minimum absolute atomic E-state index is 0.262. The van der Waals surface area contributed by atoms with E-state index >= 15 is 0 Å². The van der Waals surface area contributed by atoms with Crippen molar-refractivity contribution in [3.05, 3.63) is 41.4 Å². The van der Waals surface area contributed by atoms with Crippen LogP contribution in [0.4, 0.5) is 5.82 Å². The normalized spacial score (nSPS) is 18.3. The molecule has 8 nitrogen and oxygen atoms in total. The Bertz CT molecular complexity index is 1330. The van der Waals surface area contributed by atoms with Crippen molar-refractivity contribution in [3.63, 3.8) is 0 Å². The number of morpholine rings is 1. The van der Waals surface area contributed by atoms with Gasteiger partial charge in [0.1, 0.15) is 5.75 Å². The lowest BCUT2D eigenvalue weighted by Crippen LogP contribution is -2.41. The molecule has 0 amide bonds. The van der Waals surface area contributed by atoms with Crippen LogP contribution in [0, 0.1) is 0 Å². The van der Waals surface area contributed by atoms with Gasteiger partial charge in [0.15, 0.2) is 5.82 Å². The van der Waals surface area contributed by atoms with Crippen molar-refractivity contribution in [2.45, 2.75) is 25.4 Å². The van der Waals surface area contributed by atoms with Crippen molar-refractivity contribution in [1.82, 2.24) is 24.3 Å². The highest BCUT2D eigenvalue weighted by Gasteiger charge is 2.24. The highest BCUT2D eigenvalue weighted by atomic mass is 32.1. The molecule has 1 N–H and O–H groups in total. The number of aromatic hydroxyl groups is 1. The van der Waals surface area contributed by atoms with Crippen LogP contribution in [0.2, 0.25) is 0 Å². The van der Waals surface area contributed by atoms with Crippen LogP contribution in [0.3, 0.4) is 0 Å². The van der Waals surface area contributed by atoms with Gasteiger partial charge in [0, 0.05) is 55.2 Å². The molecule has 6 rings (SSSR count). The van der Waals surface area contributed by atoms with Gasteiger partial charge >= 0.3 is 0 Å². The molecule has 3 aromatic heterocycles. The molecule has 0 aliphatic carbocycles. The fourth-order valence-corrected chi connectivity index (χ4v) is 6.40. The predicted octanol–water partition coefficient (Wildman–Crippen LogP) is 3.70. The number of thiophene rings is 1. The Morgan fingerprint density at radius 3 is 2.63 bits per heavy atom. The number of aromatic nitrogens is 3. The van der Waals surface area contributed by atoms with E-state index in [0.717, 1.165) is 59.7 Å². The molecule has 0 atom stereocenters. The number of phenolic OH excluding ortho intramolecular Hbond substituents is 1. The van der Waals surface area contributed by atoms with Gasteiger partial charge in [0.25, 0.3) is 0 Å². The molecule has 9 heteroatoms. The third-order valence-electron chi connectivity index (χ3n) is 7.26. The van der Waals surface area contributed by atoms with Crippen molar-refractivity contribution in [2.75, 3.05) is 58.4 Å². The summed E-state index contributed by atoms with van der Waals surface area (Å²) in [5.74, 6) is 1.92. The Morgan fingerprint density at radius 2 is 1.86 bits per heavy atom. The second kappa shape index (κ2) is 9.39. The van der Waals surface area contributed by atoms with E-state index < -0.39 is 0 Å². The number of piperidine rings is 1. The molecule has 2 fully saturated rings. The first-order chi connectivity index (χ1) is 17.0. The minimum Gasteiger partial charge on any atom is -0.508 e. The summed E-state index contributed by atoms with van der Waals surface area (Å²) >= 11 is 1.83. The quantitative estimate of drug-likeness (QED) is 0.456. The SMILES string of the molecule is CN(C)C1CCN(Cc2cc3nc(-n4ccc5cc(O)ccc54)nc(N4CCOCC4)c3s2)CC1. The van der Waals surface area contributed by atoms with Gasteiger partial charge in [-0.1, -0.05) is 0 Å². The molecule has 0 unspecified atom stereocenters. The zero-order valence-corrected chi connectivity index (χ0v) is 21.2. The van der Waals surface area contributed by atoms with Crippen LogP contribution < -0.4 is 4.90 Å². The summed E-state index contributed by atoms with van der Waals surface area (Å²) < 4.78 is 8.79. The summed E-state index contributed by atoms with van der Waals surface area (Å²) in [6, 6.07) is 10.3. The van der Waals surface area contributed by atoms with Crippen LogP contribution in [0.5, 0.6) is 5.75 Å². The zero-order chi connectivity index (χ0) is 23.9. The third kappa shape index (κ3) is 4.49. The number of rotatable bonds is 5. The summed E-state index contributed by atoms with van der Waals surface area (Å²) in [5.41, 5.74) is 1.98. The number of likely N-dealkylation sites (tertiary alicyclic amines) is 1. The molecule has 2 aliphatic heterocycles. The fraction of sp³-hybridized carbons (Fsp3) is 0.462. The molecule has 0 radical (unpaired) electrons. The topological polar surface area (TPSA) is 69.9 Å². The monoisotopic (exact) mass is 492 g/mol. The summed E-state index contributed by atoms with van der Waals surface area (Å²) in [4.78, 5) is 18.7. The lowest BCUT2D eigenvalue weighted by molar-refractivity contribution is 0.122. The summed E-state index contributed by atoms with van der Waals surface area (Å²) in [5, 5.41) is 10.8. The molecule has 0 spiro atoms. The lowest BCUT2D eigenvalue weighted by atomic mass is 10.0. The van der Waals surface area contributed by atoms with Crippen LogP contribution in [-0.2, 0) is 11.3 Å². The van der Waals surface area contributed by atoms with Gasteiger partial charge in [-0.2, -0.15) is 4.98 Å². The van der Waals surface area contributed by atoms with Crippen LogP contribution in [0.1, 0.15) is 17.7 Å². The molecule has 4 aromatic rings. The van der Waals surface area contributed by atoms with Crippen LogP contribution in [-0.4, -0.2) is 89.0 Å². The number of ether oxygens (including phenoxy) is 1. The summed E-state index contributed by atoms with van der Waals surface area (Å²) in [6.07, 6.45) is 4.42. The standard InChI is InChI=1S/C26H32N6O2S/c1-29(2)19-6-8-30(9-7-19)17-21-16-22-24(35-21)25(31-11-13-34-14-12-31)28-26(27-22)32-10-5-18-15-20(33)3-4-23(18)32/h3-5,10,15-16,19,33H,6-9,11-14,17H2,1-2H3. The van der Waals surface area contributed by atoms with Gasteiger partial charge < -0.3 is 19.6 Å². The van der Waals surface area contributed by atoms with Gasteiger partial charge in [0.05, 0.1) is 28.9 Å². The van der Waals surface area contributed by atoms with Crippen LogP contribution in [0.15, 0.2) is 36.5 Å². The van der Waals surface area contributed by atoms with Crippen molar-refractivity contribution >= 4 is 38.3 Å². The van der Waals surface area contributed by atoms with Gasteiger partial charge in [-0.3, -0.25) is 9.47 Å². The molecule has 2 aliphatic rings. The highest BCUT2D eigenvalue weighted by Crippen LogP contribution is 2.35. The maximum atomic E-state index is 9.88. The third-order valence-corrected chi connectivity index (χ3v) is 8.36. The first-order valence-electron chi connectivity index (χ1n) is 12.4. The van der Waals surface area contributed by atoms with E-state index in [4.69, 9.17) is 14.7 Å². The Hall–Kier alpha value is -2.72. The lowest BCUT2D eigenvalue weighted by Gasteiger charge is -2.34. The van der Waals surface area contributed by atoms with E-state index in [1.54, 1.807) is 12.1 Å².